The number of hydrogen-bond acceptors (Lipinski definition) is 3. The van der Waals surface area contributed by atoms with E-state index in [0.29, 0.717) is 6.04 Å². The molecule has 1 saturated carbocycles. The summed E-state index contributed by atoms with van der Waals surface area (Å²) in [5, 5.41) is 3.61. The molecule has 1 aromatic carbocycles. The third kappa shape index (κ3) is 2.42. The molecule has 1 unspecified atom stereocenters. The van der Waals surface area contributed by atoms with E-state index in [0.717, 1.165) is 19.0 Å². The van der Waals surface area contributed by atoms with Crippen LogP contribution in [0, 0.1) is 0 Å². The van der Waals surface area contributed by atoms with Crippen molar-refractivity contribution in [3.8, 4) is 0 Å². The third-order valence-corrected chi connectivity index (χ3v) is 4.50. The Morgan fingerprint density at radius 3 is 2.90 bits per heavy atom. The van der Waals surface area contributed by atoms with Crippen molar-refractivity contribution in [2.24, 2.45) is 0 Å². The molecule has 0 amide bonds. The van der Waals surface area contributed by atoms with Gasteiger partial charge < -0.3 is 10.2 Å². The molecule has 1 atom stereocenters. The van der Waals surface area contributed by atoms with E-state index in [-0.39, 0.29) is 0 Å². The number of rotatable bonds is 4. The van der Waals surface area contributed by atoms with Gasteiger partial charge in [0.2, 0.25) is 0 Å². The highest BCUT2D eigenvalue weighted by Gasteiger charge is 2.28. The lowest BCUT2D eigenvalue weighted by atomic mass is 10.1. The van der Waals surface area contributed by atoms with Crippen LogP contribution in [0.2, 0.25) is 0 Å². The first-order valence-corrected chi connectivity index (χ1v) is 7.86. The van der Waals surface area contributed by atoms with Crippen molar-refractivity contribution in [1.29, 1.82) is 0 Å². The molecule has 1 fully saturated rings. The van der Waals surface area contributed by atoms with Gasteiger partial charge in [0.05, 0.1) is 0 Å². The first-order chi connectivity index (χ1) is 10.3. The zero-order chi connectivity index (χ0) is 14.2. The van der Waals surface area contributed by atoms with Crippen LogP contribution in [0.3, 0.4) is 0 Å². The van der Waals surface area contributed by atoms with Gasteiger partial charge in [0.15, 0.2) is 0 Å². The van der Waals surface area contributed by atoms with Crippen LogP contribution in [0.25, 0.3) is 0 Å². The van der Waals surface area contributed by atoms with Crippen LogP contribution in [0.5, 0.6) is 0 Å². The van der Waals surface area contributed by atoms with E-state index in [1.54, 1.807) is 0 Å². The number of para-hydroxylation sites is 1. The first kappa shape index (κ1) is 12.8. The minimum atomic E-state index is 0.504. The fourth-order valence-electron chi connectivity index (χ4n) is 3.27. The summed E-state index contributed by atoms with van der Waals surface area (Å²) in [5.41, 5.74) is 5.40. The maximum Gasteiger partial charge on any atom is 0.0490 e. The minimum Gasteiger partial charge on any atom is -0.338 e. The Bertz CT molecular complexity index is 648. The van der Waals surface area contributed by atoms with Gasteiger partial charge in [-0.3, -0.25) is 4.98 Å². The molecule has 108 valence electrons. The van der Waals surface area contributed by atoms with Crippen LogP contribution >= 0.6 is 0 Å². The summed E-state index contributed by atoms with van der Waals surface area (Å²) >= 11 is 0. The van der Waals surface area contributed by atoms with Gasteiger partial charge in [-0.05, 0) is 43.9 Å². The molecule has 21 heavy (non-hydrogen) atoms. The second-order valence-corrected chi connectivity index (χ2v) is 6.21. The average Bonchev–Trinajstić information content (AvgIpc) is 3.27. The van der Waals surface area contributed by atoms with Crippen molar-refractivity contribution in [2.75, 3.05) is 4.90 Å². The van der Waals surface area contributed by atoms with E-state index in [4.69, 9.17) is 0 Å². The van der Waals surface area contributed by atoms with Gasteiger partial charge in [-0.15, -0.1) is 0 Å². The normalized spacial score (nSPS) is 20.6. The van der Waals surface area contributed by atoms with Crippen molar-refractivity contribution in [3.05, 3.63) is 53.9 Å². The lowest BCUT2D eigenvalue weighted by Crippen LogP contribution is -2.26. The van der Waals surface area contributed by atoms with E-state index in [1.165, 1.54) is 35.3 Å². The average molecular weight is 279 g/mol. The van der Waals surface area contributed by atoms with Gasteiger partial charge in [0.25, 0.3) is 0 Å². The second kappa shape index (κ2) is 5.15. The van der Waals surface area contributed by atoms with Gasteiger partial charge in [-0.1, -0.05) is 18.2 Å². The third-order valence-electron chi connectivity index (χ3n) is 4.50. The molecule has 0 radical (unpaired) electrons. The number of fused-ring (bicyclic) bond motifs is 1. The summed E-state index contributed by atoms with van der Waals surface area (Å²) < 4.78 is 0. The van der Waals surface area contributed by atoms with E-state index in [9.17, 15) is 0 Å². The molecule has 2 aromatic rings. The van der Waals surface area contributed by atoms with Crippen molar-refractivity contribution in [1.82, 2.24) is 10.3 Å². The summed E-state index contributed by atoms with van der Waals surface area (Å²) in [6.07, 6.45) is 7.67. The maximum absolute atomic E-state index is 4.33. The lowest BCUT2D eigenvalue weighted by molar-refractivity contribution is 0.680. The molecule has 2 aliphatic rings. The SMILES string of the molecule is CC1Cc2ccccc2N1c1ccncc1CNC1CC1. The first-order valence-electron chi connectivity index (χ1n) is 7.86. The molecule has 3 heteroatoms. The zero-order valence-electron chi connectivity index (χ0n) is 12.4. The van der Waals surface area contributed by atoms with Crippen molar-refractivity contribution in [2.45, 2.75) is 44.8 Å². The van der Waals surface area contributed by atoms with Crippen LogP contribution in [0.1, 0.15) is 30.9 Å². The summed E-state index contributed by atoms with van der Waals surface area (Å²) in [4.78, 5) is 6.80. The topological polar surface area (TPSA) is 28.2 Å². The Morgan fingerprint density at radius 1 is 1.19 bits per heavy atom. The molecule has 4 rings (SSSR count). The molecule has 1 aliphatic carbocycles. The largest absolute Gasteiger partial charge is 0.338 e. The van der Waals surface area contributed by atoms with E-state index < -0.39 is 0 Å². The lowest BCUT2D eigenvalue weighted by Gasteiger charge is -2.27. The number of benzene rings is 1. The Labute approximate surface area is 126 Å². The van der Waals surface area contributed by atoms with E-state index in [2.05, 4.69) is 52.5 Å². The fourth-order valence-corrected chi connectivity index (χ4v) is 3.27. The van der Waals surface area contributed by atoms with E-state index >= 15 is 0 Å². The number of nitrogens with zero attached hydrogens (tertiary/aromatic N) is 2. The highest BCUT2D eigenvalue weighted by atomic mass is 15.2. The molecule has 0 saturated heterocycles. The number of pyridine rings is 1. The number of hydrogen-bond donors (Lipinski definition) is 1. The predicted octanol–water partition coefficient (Wildman–Crippen LogP) is 3.42. The maximum atomic E-state index is 4.33. The van der Waals surface area contributed by atoms with E-state index in [1.807, 2.05) is 12.4 Å². The van der Waals surface area contributed by atoms with Crippen LogP contribution < -0.4 is 10.2 Å². The van der Waals surface area contributed by atoms with Crippen LogP contribution in [-0.4, -0.2) is 17.1 Å². The van der Waals surface area contributed by atoms with Gasteiger partial charge in [-0.2, -0.15) is 0 Å². The smallest absolute Gasteiger partial charge is 0.0490 e. The number of nitrogens with one attached hydrogen (secondary N) is 1. The molecule has 1 aromatic heterocycles. The van der Waals surface area contributed by atoms with Crippen LogP contribution in [0.4, 0.5) is 11.4 Å². The molecule has 2 heterocycles. The van der Waals surface area contributed by atoms with Crippen molar-refractivity contribution < 1.29 is 0 Å². The summed E-state index contributed by atoms with van der Waals surface area (Å²) in [6, 6.07) is 12.1. The molecule has 1 N–H and O–H groups in total. The highest BCUT2D eigenvalue weighted by molar-refractivity contribution is 5.72. The molecule has 1 aliphatic heterocycles. The number of aromatic nitrogens is 1. The zero-order valence-corrected chi connectivity index (χ0v) is 12.4. The second-order valence-electron chi connectivity index (χ2n) is 6.21. The standard InChI is InChI=1S/C18H21N3/c1-13-10-14-4-2-3-5-17(14)21(13)18-8-9-19-11-15(18)12-20-16-6-7-16/h2-5,8-9,11,13,16,20H,6-7,10,12H2,1H3. The Morgan fingerprint density at radius 2 is 2.05 bits per heavy atom. The van der Waals surface area contributed by atoms with Gasteiger partial charge in [-0.25, -0.2) is 0 Å². The quantitative estimate of drug-likeness (QED) is 0.929. The van der Waals surface area contributed by atoms with Gasteiger partial charge in [0, 0.05) is 48.0 Å². The minimum absolute atomic E-state index is 0.504. The molecule has 0 spiro atoms. The van der Waals surface area contributed by atoms with Crippen LogP contribution in [0.15, 0.2) is 42.7 Å². The monoisotopic (exact) mass is 279 g/mol. The number of anilines is 2. The van der Waals surface area contributed by atoms with Gasteiger partial charge >= 0.3 is 0 Å². The summed E-state index contributed by atoms with van der Waals surface area (Å²) in [7, 11) is 0. The van der Waals surface area contributed by atoms with Crippen molar-refractivity contribution >= 4 is 11.4 Å². The predicted molar refractivity (Wildman–Crippen MR) is 85.8 cm³/mol. The summed E-state index contributed by atoms with van der Waals surface area (Å²) in [6.45, 7) is 3.22. The highest BCUT2D eigenvalue weighted by Crippen LogP contribution is 2.39. The fraction of sp³-hybridized carbons (Fsp3) is 0.389. The Balaban J connectivity index is 1.69. The molecular formula is C18H21N3. The van der Waals surface area contributed by atoms with Crippen molar-refractivity contribution in [3.63, 3.8) is 0 Å². The summed E-state index contributed by atoms with van der Waals surface area (Å²) in [5.74, 6) is 0. The molecule has 0 bridgehead atoms. The van der Waals surface area contributed by atoms with Crippen LogP contribution in [-0.2, 0) is 13.0 Å². The van der Waals surface area contributed by atoms with Gasteiger partial charge in [0.1, 0.15) is 0 Å². The Hall–Kier alpha value is -1.87. The molecule has 3 nitrogen and oxygen atoms in total. The molecular weight excluding hydrogens is 258 g/mol. The Kier molecular flexibility index (Phi) is 3.15.